The molecule has 1 heterocycles. The second-order valence-corrected chi connectivity index (χ2v) is 7.99. The highest BCUT2D eigenvalue weighted by Crippen LogP contribution is 2.20. The number of piperidine rings is 1. The van der Waals surface area contributed by atoms with Gasteiger partial charge in [-0.15, -0.1) is 0 Å². The van der Waals surface area contributed by atoms with Gasteiger partial charge in [-0.05, 0) is 38.8 Å². The third-order valence-corrected chi connectivity index (χ3v) is 5.95. The monoisotopic (exact) mass is 347 g/mol. The molecule has 0 bridgehead atoms. The van der Waals surface area contributed by atoms with Gasteiger partial charge in [0.25, 0.3) is 0 Å². The molecule has 0 atom stereocenters. The number of nitrogens with one attached hydrogen (secondary N) is 1. The summed E-state index contributed by atoms with van der Waals surface area (Å²) in [6.45, 7) is 2.78. The maximum atomic E-state index is 12.7. The van der Waals surface area contributed by atoms with Gasteiger partial charge in [-0.25, -0.2) is 0 Å². The zero-order chi connectivity index (χ0) is 17.7. The van der Waals surface area contributed by atoms with Crippen molar-refractivity contribution in [2.45, 2.75) is 95.9 Å². The van der Waals surface area contributed by atoms with E-state index in [0.29, 0.717) is 12.5 Å². The Labute approximate surface area is 154 Å². The standard InChI is InChI=1S/C21H37N3O/c22-15-10-16-24-17-13-19(14-18-24)21(25)23-20-11-8-6-4-2-1-3-5-7-9-12-20/h19-20H,1-14,16-18H2,(H,23,25). The van der Waals surface area contributed by atoms with Gasteiger partial charge in [-0.2, -0.15) is 5.26 Å². The Morgan fingerprint density at radius 1 is 0.880 bits per heavy atom. The van der Waals surface area contributed by atoms with Crippen LogP contribution in [-0.4, -0.2) is 36.5 Å². The average Bonchev–Trinajstić information content (AvgIpc) is 2.62. The molecule has 1 aliphatic carbocycles. The number of likely N-dealkylation sites (tertiary alicyclic amines) is 1. The number of carbonyl (C=O) groups excluding carboxylic acids is 1. The highest BCUT2D eigenvalue weighted by atomic mass is 16.1. The van der Waals surface area contributed by atoms with Crippen molar-refractivity contribution in [3.63, 3.8) is 0 Å². The lowest BCUT2D eigenvalue weighted by Gasteiger charge is -2.31. The van der Waals surface area contributed by atoms with Crippen molar-refractivity contribution in [2.24, 2.45) is 5.92 Å². The van der Waals surface area contributed by atoms with E-state index in [2.05, 4.69) is 16.3 Å². The van der Waals surface area contributed by atoms with Crippen molar-refractivity contribution in [3.8, 4) is 6.07 Å². The summed E-state index contributed by atoms with van der Waals surface area (Å²) in [6.07, 6.45) is 16.9. The predicted molar refractivity (Wildman–Crippen MR) is 102 cm³/mol. The zero-order valence-electron chi connectivity index (χ0n) is 16.0. The molecule has 25 heavy (non-hydrogen) atoms. The van der Waals surface area contributed by atoms with E-state index in [4.69, 9.17) is 5.26 Å². The third kappa shape index (κ3) is 8.23. The first kappa shape index (κ1) is 20.2. The average molecular weight is 348 g/mol. The molecule has 1 amide bonds. The highest BCUT2D eigenvalue weighted by molar-refractivity contribution is 5.79. The Morgan fingerprint density at radius 3 is 1.92 bits per heavy atom. The summed E-state index contributed by atoms with van der Waals surface area (Å²) < 4.78 is 0. The van der Waals surface area contributed by atoms with Crippen LogP contribution in [-0.2, 0) is 4.79 Å². The SMILES string of the molecule is N#CCCN1CCC(C(=O)NC2CCCCCCCCCCC2)CC1. The molecule has 0 unspecified atom stereocenters. The molecule has 2 aliphatic rings. The van der Waals surface area contributed by atoms with Crippen LogP contribution in [0.2, 0.25) is 0 Å². The van der Waals surface area contributed by atoms with Crippen LogP contribution in [0.5, 0.6) is 0 Å². The minimum absolute atomic E-state index is 0.180. The summed E-state index contributed by atoms with van der Waals surface area (Å²) in [5.41, 5.74) is 0. The fourth-order valence-corrected chi connectivity index (χ4v) is 4.25. The molecule has 0 aromatic heterocycles. The molecule has 4 nitrogen and oxygen atoms in total. The number of hydrogen-bond acceptors (Lipinski definition) is 3. The molecular formula is C21H37N3O. The molecule has 0 radical (unpaired) electrons. The second kappa shape index (κ2) is 12.3. The number of carbonyl (C=O) groups is 1. The molecule has 0 aromatic rings. The normalized spacial score (nSPS) is 23.2. The lowest BCUT2D eigenvalue weighted by molar-refractivity contribution is -0.127. The quantitative estimate of drug-likeness (QED) is 0.820. The molecule has 1 saturated heterocycles. The van der Waals surface area contributed by atoms with Crippen molar-refractivity contribution >= 4 is 5.91 Å². The Kier molecular flexibility index (Phi) is 9.96. The van der Waals surface area contributed by atoms with Gasteiger partial charge in [0, 0.05) is 24.9 Å². The van der Waals surface area contributed by atoms with Gasteiger partial charge in [0.2, 0.25) is 5.91 Å². The topological polar surface area (TPSA) is 56.1 Å². The Hall–Kier alpha value is -1.08. The van der Waals surface area contributed by atoms with Crippen molar-refractivity contribution in [1.82, 2.24) is 10.2 Å². The third-order valence-electron chi connectivity index (χ3n) is 5.95. The van der Waals surface area contributed by atoms with Gasteiger partial charge < -0.3 is 10.2 Å². The highest BCUT2D eigenvalue weighted by Gasteiger charge is 2.26. The first-order valence-electron chi connectivity index (χ1n) is 10.7. The fraction of sp³-hybridized carbons (Fsp3) is 0.905. The van der Waals surface area contributed by atoms with E-state index in [9.17, 15) is 4.79 Å². The summed E-state index contributed by atoms with van der Waals surface area (Å²) >= 11 is 0. The van der Waals surface area contributed by atoms with Crippen LogP contribution < -0.4 is 5.32 Å². The van der Waals surface area contributed by atoms with Gasteiger partial charge in [-0.3, -0.25) is 4.79 Å². The van der Waals surface area contributed by atoms with Gasteiger partial charge >= 0.3 is 0 Å². The van der Waals surface area contributed by atoms with E-state index < -0.39 is 0 Å². The van der Waals surface area contributed by atoms with Gasteiger partial charge in [-0.1, -0.05) is 57.8 Å². The zero-order valence-corrected chi connectivity index (χ0v) is 16.0. The Morgan fingerprint density at radius 2 is 1.40 bits per heavy atom. The van der Waals surface area contributed by atoms with E-state index in [0.717, 1.165) is 45.3 Å². The smallest absolute Gasteiger partial charge is 0.223 e. The number of hydrogen-bond donors (Lipinski definition) is 1. The molecule has 0 spiro atoms. The minimum atomic E-state index is 0.180. The van der Waals surface area contributed by atoms with Gasteiger partial charge in [0.15, 0.2) is 0 Å². The largest absolute Gasteiger partial charge is 0.353 e. The number of rotatable bonds is 4. The minimum Gasteiger partial charge on any atom is -0.353 e. The van der Waals surface area contributed by atoms with E-state index >= 15 is 0 Å². The van der Waals surface area contributed by atoms with Crippen LogP contribution in [0.3, 0.4) is 0 Å². The van der Waals surface area contributed by atoms with Crippen LogP contribution >= 0.6 is 0 Å². The summed E-state index contributed by atoms with van der Waals surface area (Å²) in [5, 5.41) is 12.1. The molecule has 4 heteroatoms. The van der Waals surface area contributed by atoms with Crippen molar-refractivity contribution in [2.75, 3.05) is 19.6 Å². The molecule has 1 N–H and O–H groups in total. The van der Waals surface area contributed by atoms with E-state index in [1.165, 1.54) is 57.8 Å². The van der Waals surface area contributed by atoms with Crippen LogP contribution in [0.4, 0.5) is 0 Å². The summed E-state index contributed by atoms with van der Waals surface area (Å²) in [4.78, 5) is 15.0. The molecule has 1 aliphatic heterocycles. The molecule has 142 valence electrons. The van der Waals surface area contributed by atoms with Crippen LogP contribution in [0.1, 0.15) is 89.9 Å². The number of amides is 1. The Bertz CT molecular complexity index is 398. The maximum Gasteiger partial charge on any atom is 0.223 e. The van der Waals surface area contributed by atoms with Gasteiger partial charge in [0.05, 0.1) is 6.07 Å². The van der Waals surface area contributed by atoms with Crippen molar-refractivity contribution < 1.29 is 4.79 Å². The maximum absolute atomic E-state index is 12.7. The van der Waals surface area contributed by atoms with E-state index in [1.54, 1.807) is 0 Å². The predicted octanol–water partition coefficient (Wildman–Crippen LogP) is 4.40. The lowest BCUT2D eigenvalue weighted by Crippen LogP contribution is -2.44. The first-order chi connectivity index (χ1) is 12.3. The van der Waals surface area contributed by atoms with E-state index in [-0.39, 0.29) is 11.8 Å². The molecule has 2 rings (SSSR count). The Balaban J connectivity index is 1.72. The summed E-state index contributed by atoms with van der Waals surface area (Å²) in [5.74, 6) is 0.469. The van der Waals surface area contributed by atoms with Crippen LogP contribution in [0.25, 0.3) is 0 Å². The fourth-order valence-electron chi connectivity index (χ4n) is 4.25. The lowest BCUT2D eigenvalue weighted by atomic mass is 9.93. The first-order valence-corrected chi connectivity index (χ1v) is 10.7. The molecular weight excluding hydrogens is 310 g/mol. The van der Waals surface area contributed by atoms with Crippen molar-refractivity contribution in [3.05, 3.63) is 0 Å². The van der Waals surface area contributed by atoms with Gasteiger partial charge in [0.1, 0.15) is 0 Å². The number of nitriles is 1. The van der Waals surface area contributed by atoms with Crippen LogP contribution in [0, 0.1) is 17.2 Å². The van der Waals surface area contributed by atoms with Crippen LogP contribution in [0.15, 0.2) is 0 Å². The van der Waals surface area contributed by atoms with E-state index in [1.807, 2.05) is 0 Å². The summed E-state index contributed by atoms with van der Waals surface area (Å²) in [6, 6.07) is 2.60. The second-order valence-electron chi connectivity index (χ2n) is 7.99. The number of nitrogens with zero attached hydrogens (tertiary/aromatic N) is 2. The molecule has 1 saturated carbocycles. The molecule has 2 fully saturated rings. The van der Waals surface area contributed by atoms with Crippen molar-refractivity contribution in [1.29, 1.82) is 5.26 Å². The summed E-state index contributed by atoms with van der Waals surface area (Å²) in [7, 11) is 0. The molecule has 0 aromatic carbocycles.